The molecular weight excluding hydrogens is 333 g/mol. The topological polar surface area (TPSA) is 79.3 Å². The van der Waals surface area contributed by atoms with Crippen LogP contribution < -0.4 is 10.5 Å². The van der Waals surface area contributed by atoms with Gasteiger partial charge in [0.25, 0.3) is 0 Å². The zero-order valence-corrected chi connectivity index (χ0v) is 12.4. The van der Waals surface area contributed by atoms with Crippen LogP contribution >= 0.6 is 12.4 Å². The van der Waals surface area contributed by atoms with Crippen LogP contribution in [-0.4, -0.2) is 11.5 Å². The number of hydrogen-bond acceptors (Lipinski definition) is 4. The molecule has 0 aliphatic heterocycles. The van der Waals surface area contributed by atoms with Crippen LogP contribution in [0.1, 0.15) is 22.7 Å². The fraction of sp³-hybridized carbons (Fsp3) is 0.133. The van der Waals surface area contributed by atoms with Gasteiger partial charge in [0.15, 0.2) is 0 Å². The number of phenols is 1. The van der Waals surface area contributed by atoms with Crippen LogP contribution in [0.15, 0.2) is 42.5 Å². The van der Waals surface area contributed by atoms with Gasteiger partial charge in [0.1, 0.15) is 11.5 Å². The summed E-state index contributed by atoms with van der Waals surface area (Å²) in [4.78, 5) is 0. The number of ether oxygens (including phenoxy) is 1. The summed E-state index contributed by atoms with van der Waals surface area (Å²) in [5, 5.41) is 18.7. The van der Waals surface area contributed by atoms with E-state index in [-0.39, 0.29) is 23.9 Å². The van der Waals surface area contributed by atoms with E-state index < -0.39 is 12.4 Å². The minimum Gasteiger partial charge on any atom is -0.508 e. The fourth-order valence-corrected chi connectivity index (χ4v) is 1.93. The average molecular weight is 345 g/mol. The zero-order valence-electron chi connectivity index (χ0n) is 11.5. The van der Waals surface area contributed by atoms with E-state index in [0.29, 0.717) is 16.7 Å². The van der Waals surface area contributed by atoms with Gasteiger partial charge in [-0.1, -0.05) is 12.1 Å². The molecule has 3 N–H and O–H groups in total. The Morgan fingerprint density at radius 3 is 2.26 bits per heavy atom. The third kappa shape index (κ3) is 4.77. The van der Waals surface area contributed by atoms with Crippen LogP contribution in [0.5, 0.6) is 11.5 Å². The van der Waals surface area contributed by atoms with Gasteiger partial charge >= 0.3 is 6.36 Å². The molecule has 0 unspecified atom stereocenters. The Balaban J connectivity index is 0.00000264. The average Bonchev–Trinajstić information content (AvgIpc) is 2.46. The molecule has 0 radical (unpaired) electrons. The molecule has 0 amide bonds. The number of nitrogens with two attached hydrogens (primary N) is 1. The van der Waals surface area contributed by atoms with Gasteiger partial charge in [-0.05, 0) is 35.9 Å². The molecule has 0 heterocycles. The molecule has 0 aliphatic carbocycles. The van der Waals surface area contributed by atoms with Crippen LogP contribution in [0, 0.1) is 11.3 Å². The maximum atomic E-state index is 12.1. The first-order valence-corrected chi connectivity index (χ1v) is 6.14. The molecule has 2 rings (SSSR count). The van der Waals surface area contributed by atoms with Gasteiger partial charge in [0.05, 0.1) is 17.7 Å². The molecule has 0 fully saturated rings. The third-order valence-electron chi connectivity index (χ3n) is 2.96. The largest absolute Gasteiger partial charge is 0.573 e. The summed E-state index contributed by atoms with van der Waals surface area (Å²) in [6, 6.07) is 10.3. The highest BCUT2D eigenvalue weighted by atomic mass is 35.5. The van der Waals surface area contributed by atoms with Gasteiger partial charge < -0.3 is 15.6 Å². The summed E-state index contributed by atoms with van der Waals surface area (Å²) >= 11 is 0. The molecule has 8 heteroatoms. The second kappa shape index (κ2) is 7.22. The van der Waals surface area contributed by atoms with Crippen molar-refractivity contribution in [3.63, 3.8) is 0 Å². The maximum absolute atomic E-state index is 12.1. The van der Waals surface area contributed by atoms with Crippen LogP contribution in [-0.2, 0) is 0 Å². The molecule has 0 saturated carbocycles. The summed E-state index contributed by atoms with van der Waals surface area (Å²) in [7, 11) is 0. The van der Waals surface area contributed by atoms with Crippen molar-refractivity contribution in [2.75, 3.05) is 0 Å². The van der Waals surface area contributed by atoms with E-state index in [1.54, 1.807) is 0 Å². The van der Waals surface area contributed by atoms with Gasteiger partial charge in [-0.25, -0.2) is 0 Å². The summed E-state index contributed by atoms with van der Waals surface area (Å²) in [6.07, 6.45) is -4.76. The Morgan fingerprint density at radius 2 is 1.74 bits per heavy atom. The molecule has 23 heavy (non-hydrogen) atoms. The van der Waals surface area contributed by atoms with Crippen molar-refractivity contribution in [3.05, 3.63) is 59.2 Å². The highest BCUT2D eigenvalue weighted by Crippen LogP contribution is 2.30. The van der Waals surface area contributed by atoms with Crippen molar-refractivity contribution in [3.8, 4) is 17.6 Å². The number of hydrogen-bond donors (Lipinski definition) is 2. The lowest BCUT2D eigenvalue weighted by molar-refractivity contribution is -0.274. The monoisotopic (exact) mass is 344 g/mol. The van der Waals surface area contributed by atoms with E-state index >= 15 is 0 Å². The van der Waals surface area contributed by atoms with E-state index in [2.05, 4.69) is 4.74 Å². The summed E-state index contributed by atoms with van der Waals surface area (Å²) in [5.74, 6) is -0.458. The number of nitriles is 1. The highest BCUT2D eigenvalue weighted by Gasteiger charge is 2.31. The molecule has 0 aromatic heterocycles. The van der Waals surface area contributed by atoms with E-state index in [9.17, 15) is 18.3 Å². The predicted octanol–water partition coefficient (Wildman–Crippen LogP) is 3.63. The van der Waals surface area contributed by atoms with Crippen LogP contribution in [0.25, 0.3) is 0 Å². The second-order valence-electron chi connectivity index (χ2n) is 4.48. The first kappa shape index (κ1) is 18.6. The minimum atomic E-state index is -4.76. The zero-order chi connectivity index (χ0) is 16.3. The van der Waals surface area contributed by atoms with Gasteiger partial charge in [-0.2, -0.15) is 5.26 Å². The van der Waals surface area contributed by atoms with Gasteiger partial charge in [0.2, 0.25) is 0 Å². The quantitative estimate of drug-likeness (QED) is 0.891. The van der Waals surface area contributed by atoms with Crippen molar-refractivity contribution in [1.29, 1.82) is 5.26 Å². The fourth-order valence-electron chi connectivity index (χ4n) is 1.93. The number of rotatable bonds is 3. The first-order chi connectivity index (χ1) is 10.3. The van der Waals surface area contributed by atoms with Crippen LogP contribution in [0.4, 0.5) is 13.2 Å². The van der Waals surface area contributed by atoms with Gasteiger partial charge in [-0.3, -0.25) is 0 Å². The molecule has 0 aliphatic rings. The molecule has 2 aromatic carbocycles. The predicted molar refractivity (Wildman–Crippen MR) is 79.2 cm³/mol. The lowest BCUT2D eigenvalue weighted by atomic mass is 9.97. The highest BCUT2D eigenvalue weighted by molar-refractivity contribution is 5.85. The van der Waals surface area contributed by atoms with Crippen molar-refractivity contribution >= 4 is 12.4 Å². The van der Waals surface area contributed by atoms with E-state index in [1.807, 2.05) is 6.07 Å². The Hall–Kier alpha value is -2.43. The number of aromatic hydroxyl groups is 1. The molecule has 0 bridgehead atoms. The molecule has 1 atom stereocenters. The standard InChI is InChI=1S/C15H11F3N2O2.ClH/c16-15(17,18)22-11-4-2-10(3-5-11)14(20)12-7-9(8-19)1-6-13(12)21;/h1-7,14,21H,20H2;1H/t14-;/m1./s1. The van der Waals surface area contributed by atoms with Gasteiger partial charge in [0, 0.05) is 5.56 Å². The van der Waals surface area contributed by atoms with Crippen molar-refractivity contribution < 1.29 is 23.0 Å². The van der Waals surface area contributed by atoms with Crippen LogP contribution in [0.3, 0.4) is 0 Å². The smallest absolute Gasteiger partial charge is 0.508 e. The van der Waals surface area contributed by atoms with E-state index in [0.717, 1.165) is 12.1 Å². The molecule has 122 valence electrons. The number of phenolic OH excluding ortho intramolecular Hbond substituents is 1. The maximum Gasteiger partial charge on any atom is 0.573 e. The normalized spacial score (nSPS) is 12.0. The Morgan fingerprint density at radius 1 is 1.13 bits per heavy atom. The molecule has 4 nitrogen and oxygen atoms in total. The minimum absolute atomic E-state index is 0. The first-order valence-electron chi connectivity index (χ1n) is 6.14. The lowest BCUT2D eigenvalue weighted by Gasteiger charge is -2.15. The number of halogens is 4. The van der Waals surface area contributed by atoms with Gasteiger partial charge in [-0.15, -0.1) is 25.6 Å². The summed E-state index contributed by atoms with van der Waals surface area (Å²) in [6.45, 7) is 0. The van der Waals surface area contributed by atoms with Crippen molar-refractivity contribution in [2.24, 2.45) is 5.73 Å². The van der Waals surface area contributed by atoms with Crippen molar-refractivity contribution in [2.45, 2.75) is 12.4 Å². The number of alkyl halides is 3. The second-order valence-corrected chi connectivity index (χ2v) is 4.48. The summed E-state index contributed by atoms with van der Waals surface area (Å²) < 4.78 is 40.0. The SMILES string of the molecule is Cl.N#Cc1ccc(O)c([C@H](N)c2ccc(OC(F)(F)F)cc2)c1. The van der Waals surface area contributed by atoms with E-state index in [4.69, 9.17) is 11.0 Å². The summed E-state index contributed by atoms with van der Waals surface area (Å²) in [5.41, 5.74) is 7.09. The number of nitrogens with zero attached hydrogens (tertiary/aromatic N) is 1. The Labute approximate surface area is 136 Å². The van der Waals surface area contributed by atoms with Crippen LogP contribution in [0.2, 0.25) is 0 Å². The molecule has 0 spiro atoms. The Bertz CT molecular complexity index is 712. The molecule has 2 aromatic rings. The lowest BCUT2D eigenvalue weighted by Crippen LogP contribution is -2.17. The molecule has 0 saturated heterocycles. The number of benzene rings is 2. The van der Waals surface area contributed by atoms with Crippen molar-refractivity contribution in [1.82, 2.24) is 0 Å². The molecular formula is C15H12ClF3N2O2. The van der Waals surface area contributed by atoms with E-state index in [1.165, 1.54) is 30.3 Å². The Kier molecular flexibility index (Phi) is 5.85. The third-order valence-corrected chi connectivity index (χ3v) is 2.96.